The molecule has 1 N–H and O–H groups in total. The highest BCUT2D eigenvalue weighted by molar-refractivity contribution is 5.73. The lowest BCUT2D eigenvalue weighted by molar-refractivity contribution is 0.467. The first kappa shape index (κ1) is 14.7. The third-order valence-electron chi connectivity index (χ3n) is 3.93. The van der Waals surface area contributed by atoms with Crippen LogP contribution in [0.3, 0.4) is 0 Å². The number of nitrogens with zero attached hydrogens (tertiary/aromatic N) is 2. The van der Waals surface area contributed by atoms with Crippen molar-refractivity contribution < 1.29 is 0 Å². The lowest BCUT2D eigenvalue weighted by Crippen LogP contribution is -2.32. The van der Waals surface area contributed by atoms with Crippen molar-refractivity contribution in [1.82, 2.24) is 15.3 Å². The zero-order chi connectivity index (χ0) is 15.4. The molecule has 0 amide bonds. The monoisotopic (exact) mass is 291 g/mol. The summed E-state index contributed by atoms with van der Waals surface area (Å²) in [5.74, 6) is 0. The van der Waals surface area contributed by atoms with Crippen molar-refractivity contribution in [2.75, 3.05) is 6.54 Å². The third kappa shape index (κ3) is 3.31. The quantitative estimate of drug-likeness (QED) is 0.779. The van der Waals surface area contributed by atoms with Crippen LogP contribution in [0.1, 0.15) is 25.1 Å². The normalized spacial score (nSPS) is 11.7. The van der Waals surface area contributed by atoms with Gasteiger partial charge in [-0.15, -0.1) is 0 Å². The Hall–Kier alpha value is -2.26. The van der Waals surface area contributed by atoms with E-state index in [1.54, 1.807) is 0 Å². The Morgan fingerprint density at radius 2 is 1.59 bits per heavy atom. The summed E-state index contributed by atoms with van der Waals surface area (Å²) in [4.78, 5) is 9.09. The smallest absolute Gasteiger partial charge is 0.0890 e. The molecule has 0 unspecified atom stereocenters. The minimum Gasteiger partial charge on any atom is -0.310 e. The van der Waals surface area contributed by atoms with E-state index < -0.39 is 0 Å². The molecule has 0 saturated carbocycles. The van der Waals surface area contributed by atoms with Gasteiger partial charge in [0.15, 0.2) is 0 Å². The van der Waals surface area contributed by atoms with E-state index in [4.69, 9.17) is 0 Å². The molecular weight excluding hydrogens is 270 g/mol. The van der Waals surface area contributed by atoms with Crippen molar-refractivity contribution in [3.63, 3.8) is 0 Å². The molecule has 3 rings (SSSR count). The van der Waals surface area contributed by atoms with E-state index in [0.717, 1.165) is 29.8 Å². The van der Waals surface area contributed by atoms with Crippen LogP contribution in [0.15, 0.2) is 60.8 Å². The van der Waals surface area contributed by atoms with E-state index in [9.17, 15) is 0 Å². The van der Waals surface area contributed by atoms with Crippen LogP contribution in [0.5, 0.6) is 0 Å². The van der Waals surface area contributed by atoms with E-state index in [2.05, 4.69) is 59.5 Å². The predicted octanol–water partition coefficient (Wildman–Crippen LogP) is 3.70. The Bertz CT molecular complexity index is 751. The number of hydrogen-bond donors (Lipinski definition) is 1. The zero-order valence-electron chi connectivity index (χ0n) is 13.1. The Labute approximate surface area is 131 Å². The second kappa shape index (κ2) is 6.24. The van der Waals surface area contributed by atoms with Gasteiger partial charge in [-0.1, -0.05) is 56.3 Å². The molecular formula is C19H21N3. The van der Waals surface area contributed by atoms with E-state index in [1.807, 2.05) is 30.5 Å². The number of para-hydroxylation sites is 2. The second-order valence-corrected chi connectivity index (χ2v) is 6.20. The van der Waals surface area contributed by atoms with Crippen LogP contribution in [0.25, 0.3) is 11.0 Å². The van der Waals surface area contributed by atoms with Crippen LogP contribution in [0, 0.1) is 0 Å². The minimum absolute atomic E-state index is 0.0888. The molecule has 0 aliphatic rings. The Balaban J connectivity index is 1.64. The van der Waals surface area contributed by atoms with E-state index in [-0.39, 0.29) is 5.41 Å². The number of benzene rings is 2. The summed E-state index contributed by atoms with van der Waals surface area (Å²) < 4.78 is 0. The van der Waals surface area contributed by atoms with Crippen LogP contribution >= 0.6 is 0 Å². The van der Waals surface area contributed by atoms with E-state index in [0.29, 0.717) is 0 Å². The molecule has 2 aromatic carbocycles. The molecule has 3 nitrogen and oxygen atoms in total. The van der Waals surface area contributed by atoms with Crippen molar-refractivity contribution in [2.24, 2.45) is 0 Å². The summed E-state index contributed by atoms with van der Waals surface area (Å²) >= 11 is 0. The molecule has 0 radical (unpaired) electrons. The molecule has 0 saturated heterocycles. The standard InChI is InChI=1S/C19H21N3/c1-19(2,15-8-4-3-5-9-15)14-20-12-16-13-21-17-10-6-7-11-18(17)22-16/h3-11,13,20H,12,14H2,1-2H3. The maximum atomic E-state index is 4.64. The van der Waals surface area contributed by atoms with E-state index >= 15 is 0 Å². The Kier molecular flexibility index (Phi) is 4.16. The average molecular weight is 291 g/mol. The first-order valence-electron chi connectivity index (χ1n) is 7.62. The van der Waals surface area contributed by atoms with Crippen molar-refractivity contribution in [2.45, 2.75) is 25.8 Å². The van der Waals surface area contributed by atoms with Crippen LogP contribution in [-0.4, -0.2) is 16.5 Å². The maximum absolute atomic E-state index is 4.64. The van der Waals surface area contributed by atoms with Crippen LogP contribution in [0.2, 0.25) is 0 Å². The van der Waals surface area contributed by atoms with Gasteiger partial charge in [0.1, 0.15) is 0 Å². The highest BCUT2D eigenvalue weighted by atomic mass is 14.9. The maximum Gasteiger partial charge on any atom is 0.0890 e. The largest absolute Gasteiger partial charge is 0.310 e. The number of rotatable bonds is 5. The minimum atomic E-state index is 0.0888. The summed E-state index contributed by atoms with van der Waals surface area (Å²) in [7, 11) is 0. The van der Waals surface area contributed by atoms with Crippen molar-refractivity contribution in [3.05, 3.63) is 72.1 Å². The van der Waals surface area contributed by atoms with Crippen molar-refractivity contribution in [3.8, 4) is 0 Å². The summed E-state index contributed by atoms with van der Waals surface area (Å²) in [6.45, 7) is 6.13. The van der Waals surface area contributed by atoms with Gasteiger partial charge in [-0.3, -0.25) is 4.98 Å². The number of hydrogen-bond acceptors (Lipinski definition) is 3. The van der Waals surface area contributed by atoms with Crippen molar-refractivity contribution >= 4 is 11.0 Å². The molecule has 0 bridgehead atoms. The van der Waals surface area contributed by atoms with Crippen molar-refractivity contribution in [1.29, 1.82) is 0 Å². The molecule has 3 heteroatoms. The molecule has 112 valence electrons. The van der Waals surface area contributed by atoms with Gasteiger partial charge >= 0.3 is 0 Å². The van der Waals surface area contributed by atoms with Gasteiger partial charge < -0.3 is 5.32 Å². The first-order chi connectivity index (χ1) is 10.6. The topological polar surface area (TPSA) is 37.8 Å². The van der Waals surface area contributed by atoms with Crippen LogP contribution in [0.4, 0.5) is 0 Å². The summed E-state index contributed by atoms with van der Waals surface area (Å²) in [5.41, 5.74) is 4.29. The molecule has 22 heavy (non-hydrogen) atoms. The Morgan fingerprint density at radius 1 is 0.909 bits per heavy atom. The molecule has 3 aromatic rings. The second-order valence-electron chi connectivity index (χ2n) is 6.20. The van der Waals surface area contributed by atoms with Gasteiger partial charge in [0.05, 0.1) is 22.9 Å². The number of fused-ring (bicyclic) bond motifs is 1. The fourth-order valence-electron chi connectivity index (χ4n) is 2.58. The van der Waals surface area contributed by atoms with Gasteiger partial charge in [-0.25, -0.2) is 4.98 Å². The molecule has 0 aliphatic heterocycles. The van der Waals surface area contributed by atoms with Gasteiger partial charge in [0.2, 0.25) is 0 Å². The molecule has 0 atom stereocenters. The van der Waals surface area contributed by atoms with Gasteiger partial charge in [0.25, 0.3) is 0 Å². The highest BCUT2D eigenvalue weighted by Gasteiger charge is 2.19. The van der Waals surface area contributed by atoms with Crippen LogP contribution < -0.4 is 5.32 Å². The van der Waals surface area contributed by atoms with Gasteiger partial charge in [-0.05, 0) is 17.7 Å². The summed E-state index contributed by atoms with van der Waals surface area (Å²) in [5, 5.41) is 3.50. The summed E-state index contributed by atoms with van der Waals surface area (Å²) in [6.07, 6.45) is 1.85. The Morgan fingerprint density at radius 3 is 2.36 bits per heavy atom. The van der Waals surface area contributed by atoms with Gasteiger partial charge in [-0.2, -0.15) is 0 Å². The average Bonchev–Trinajstić information content (AvgIpc) is 2.55. The predicted molar refractivity (Wildman–Crippen MR) is 90.7 cm³/mol. The highest BCUT2D eigenvalue weighted by Crippen LogP contribution is 2.21. The lowest BCUT2D eigenvalue weighted by atomic mass is 9.84. The van der Waals surface area contributed by atoms with Gasteiger partial charge in [0, 0.05) is 18.5 Å². The SMILES string of the molecule is CC(C)(CNCc1cnc2ccccc2n1)c1ccccc1. The molecule has 1 heterocycles. The number of aromatic nitrogens is 2. The molecule has 0 spiro atoms. The lowest BCUT2D eigenvalue weighted by Gasteiger charge is -2.25. The summed E-state index contributed by atoms with van der Waals surface area (Å²) in [6, 6.07) is 18.5. The molecule has 0 fully saturated rings. The zero-order valence-corrected chi connectivity index (χ0v) is 13.1. The van der Waals surface area contributed by atoms with E-state index in [1.165, 1.54) is 5.56 Å². The van der Waals surface area contributed by atoms with Crippen LogP contribution in [-0.2, 0) is 12.0 Å². The number of nitrogens with one attached hydrogen (secondary N) is 1. The fraction of sp³-hybridized carbons (Fsp3) is 0.263. The fourth-order valence-corrected chi connectivity index (χ4v) is 2.58. The molecule has 1 aromatic heterocycles. The first-order valence-corrected chi connectivity index (χ1v) is 7.62. The third-order valence-corrected chi connectivity index (χ3v) is 3.93. The molecule has 0 aliphatic carbocycles.